The predicted molar refractivity (Wildman–Crippen MR) is 356 cm³/mol. The van der Waals surface area contributed by atoms with Gasteiger partial charge in [0.2, 0.25) is 0 Å². The van der Waals surface area contributed by atoms with Gasteiger partial charge in [0.15, 0.2) is 0 Å². The van der Waals surface area contributed by atoms with Crippen molar-refractivity contribution in [2.24, 2.45) is 0 Å². The molecule has 8 bridgehead atoms. The van der Waals surface area contributed by atoms with Gasteiger partial charge in [0, 0.05) is 78.4 Å². The van der Waals surface area contributed by atoms with E-state index in [0.29, 0.717) is 44.9 Å². The SMILES string of the molecule is [2H]C([2H])([2H])c1ccc(-c2c3nc(c(-c4ccc(C([2H])([2H])[2H])cc4)c4[nH]c(c(-c5ccc(C([2H])([2H])[2H])cc5)c5nc(c(-c6ccc(C)cc6)c6[nH]c2c2cc7ccccc7cc62)-c2cc6ccccc6cc2-5)c2cc5ccccc5cc42)-c2cc4ccccc4cc2-3)cc1. The molecule has 0 spiro atoms. The molecule has 4 nitrogen and oxygen atoms in total. The smallest absolute Gasteiger partial charge is 0.0816 e. The van der Waals surface area contributed by atoms with Crippen molar-refractivity contribution in [1.29, 1.82) is 0 Å². The number of H-pyrrole nitrogens is 2. The lowest BCUT2D eigenvalue weighted by Gasteiger charge is -2.11. The van der Waals surface area contributed by atoms with Crippen molar-refractivity contribution < 1.29 is 12.3 Å². The maximum Gasteiger partial charge on any atom is 0.0816 e. The third-order valence-corrected chi connectivity index (χ3v) is 17.4. The summed E-state index contributed by atoms with van der Waals surface area (Å²) in [4.78, 5) is 20.5. The predicted octanol–water partition coefficient (Wildman–Crippen LogP) is 21.8. The minimum atomic E-state index is -2.40. The Morgan fingerprint density at radius 1 is 0.262 bits per heavy atom. The van der Waals surface area contributed by atoms with E-state index in [4.69, 9.17) is 22.3 Å². The molecule has 0 atom stereocenters. The van der Waals surface area contributed by atoms with Gasteiger partial charge in [-0.15, -0.1) is 0 Å². The van der Waals surface area contributed by atoms with Crippen molar-refractivity contribution in [2.75, 3.05) is 0 Å². The second-order valence-electron chi connectivity index (χ2n) is 22.4. The number of fused-ring (bicyclic) bond motifs is 4. The molecule has 14 aromatic rings. The Labute approximate surface area is 498 Å². The van der Waals surface area contributed by atoms with Gasteiger partial charge in [-0.25, -0.2) is 9.97 Å². The third-order valence-electron chi connectivity index (χ3n) is 17.4. The number of aromatic amines is 2. The first-order chi connectivity index (χ1) is 44.9. The standard InChI is InChI=1S/C80H54N4/c1-45-21-29-49(30-22-45)69-73-61-37-53-13-5-7-15-55(53)39-63(61)75(81-73)70(50-31-23-46(2)24-32-50)77-65-41-57-17-9-11-19-59(57)43-67(65)79(83-77)72(52-35-27-48(4)28-36-52)80-68-44-60-20-12-10-18-58(60)42-66(68)78(84-80)71(51-33-25-47(3)26-34-51)76-64-40-56-16-8-6-14-54(56)38-62(64)74(69)82-76/h5-44,81,84H,1-4H3/i1D3,2D3,3D3. The van der Waals surface area contributed by atoms with Crippen LogP contribution < -0.4 is 0 Å². The van der Waals surface area contributed by atoms with E-state index in [9.17, 15) is 0 Å². The number of nitrogens with one attached hydrogen (secondary N) is 2. The molecule has 1 aliphatic carbocycles. The van der Waals surface area contributed by atoms with Gasteiger partial charge in [-0.05, 0) is 141 Å². The monoisotopic (exact) mass is 1080 g/mol. The molecule has 4 heteroatoms. The van der Waals surface area contributed by atoms with E-state index in [1.165, 1.54) is 0 Å². The lowest BCUT2D eigenvalue weighted by Crippen LogP contribution is -1.88. The first-order valence-corrected chi connectivity index (χ1v) is 28.4. The molecule has 394 valence electrons. The zero-order chi connectivity index (χ0) is 63.4. The Morgan fingerprint density at radius 3 is 0.702 bits per heavy atom. The highest BCUT2D eigenvalue weighted by atomic mass is 14.8. The number of rotatable bonds is 4. The molecule has 0 unspecified atom stereocenters. The summed E-state index contributed by atoms with van der Waals surface area (Å²) in [5.74, 6) is 0. The minimum Gasteiger partial charge on any atom is -0.353 e. The first kappa shape index (κ1) is 39.7. The topological polar surface area (TPSA) is 57.4 Å². The van der Waals surface area contributed by atoms with Crippen LogP contribution in [0.4, 0.5) is 0 Å². The van der Waals surface area contributed by atoms with Crippen molar-refractivity contribution in [3.8, 4) is 89.5 Å². The molecule has 2 N–H and O–H groups in total. The van der Waals surface area contributed by atoms with E-state index in [2.05, 4.69) is 150 Å². The Hall–Kier alpha value is -10.7. The molecular formula is C80H54N4. The quantitative estimate of drug-likeness (QED) is 0.185. The fraction of sp³-hybridized carbons (Fsp3) is 0.0500. The van der Waals surface area contributed by atoms with Crippen molar-refractivity contribution >= 4 is 86.7 Å². The van der Waals surface area contributed by atoms with Crippen LogP contribution in [0.5, 0.6) is 0 Å². The molecule has 0 saturated carbocycles. The number of hydrogen-bond acceptors (Lipinski definition) is 2. The van der Waals surface area contributed by atoms with Crippen LogP contribution in [-0.2, 0) is 0 Å². The molecule has 2 aromatic heterocycles. The molecule has 0 saturated heterocycles. The zero-order valence-electron chi connectivity index (χ0n) is 54.5. The second kappa shape index (κ2) is 18.4. The Kier molecular flexibility index (Phi) is 8.70. The molecule has 0 amide bonds. The van der Waals surface area contributed by atoms with Crippen LogP contribution in [0.25, 0.3) is 176 Å². The summed E-state index contributed by atoms with van der Waals surface area (Å²) < 4.78 is 77.1. The molecule has 0 fully saturated rings. The molecule has 4 heterocycles. The summed E-state index contributed by atoms with van der Waals surface area (Å²) in [6.07, 6.45) is 0. The van der Waals surface area contributed by atoms with Crippen LogP contribution in [-0.4, -0.2) is 19.9 Å². The summed E-state index contributed by atoms with van der Waals surface area (Å²) in [6.45, 7) is -5.08. The van der Waals surface area contributed by atoms with Crippen molar-refractivity contribution in [3.05, 3.63) is 265 Å². The Bertz CT molecular complexity index is 5800. The number of aromatic nitrogens is 4. The van der Waals surface area contributed by atoms with Gasteiger partial charge < -0.3 is 9.97 Å². The summed E-state index contributed by atoms with van der Waals surface area (Å²) in [5.41, 5.74) is 16.7. The highest BCUT2D eigenvalue weighted by Gasteiger charge is 2.31. The van der Waals surface area contributed by atoms with Gasteiger partial charge in [-0.2, -0.15) is 0 Å². The van der Waals surface area contributed by atoms with Crippen molar-refractivity contribution in [1.82, 2.24) is 19.9 Å². The summed E-state index contributed by atoms with van der Waals surface area (Å²) >= 11 is 0. The van der Waals surface area contributed by atoms with Crippen LogP contribution in [0.1, 0.15) is 34.6 Å². The largest absolute Gasteiger partial charge is 0.353 e. The zero-order valence-corrected chi connectivity index (χ0v) is 45.5. The van der Waals surface area contributed by atoms with E-state index in [1.807, 2.05) is 72.8 Å². The highest BCUT2D eigenvalue weighted by molar-refractivity contribution is 6.25. The number of hydrogen-bond donors (Lipinski definition) is 2. The van der Waals surface area contributed by atoms with E-state index < -0.39 is 20.6 Å². The molecule has 17 rings (SSSR count). The Balaban J connectivity index is 1.21. The van der Waals surface area contributed by atoms with Crippen LogP contribution in [0, 0.1) is 27.5 Å². The van der Waals surface area contributed by atoms with Gasteiger partial charge in [-0.1, -0.05) is 216 Å². The van der Waals surface area contributed by atoms with Gasteiger partial charge in [0.25, 0.3) is 0 Å². The third kappa shape index (κ3) is 7.47. The highest BCUT2D eigenvalue weighted by Crippen LogP contribution is 2.53. The summed E-state index contributed by atoms with van der Waals surface area (Å²) in [7, 11) is 0. The first-order valence-electron chi connectivity index (χ1n) is 32.9. The summed E-state index contributed by atoms with van der Waals surface area (Å²) in [6, 6.07) is 81.1. The normalized spacial score (nSPS) is 14.1. The van der Waals surface area contributed by atoms with Crippen LogP contribution >= 0.6 is 0 Å². The average Bonchev–Trinajstić information content (AvgIpc) is 1.56. The van der Waals surface area contributed by atoms with E-state index in [1.54, 1.807) is 36.4 Å². The van der Waals surface area contributed by atoms with E-state index in [0.717, 1.165) is 137 Å². The van der Waals surface area contributed by atoms with Gasteiger partial charge in [-0.3, -0.25) is 0 Å². The molecule has 0 radical (unpaired) electrons. The number of nitrogens with zero attached hydrogens (tertiary/aromatic N) is 2. The Morgan fingerprint density at radius 2 is 0.476 bits per heavy atom. The molecule has 3 aliphatic rings. The maximum atomic E-state index is 8.57. The van der Waals surface area contributed by atoms with Crippen molar-refractivity contribution in [2.45, 2.75) is 27.5 Å². The molecule has 12 aromatic carbocycles. The minimum absolute atomic E-state index is 0.184. The lowest BCUT2D eigenvalue weighted by atomic mass is 9.91. The van der Waals surface area contributed by atoms with Crippen LogP contribution in [0.15, 0.2) is 243 Å². The number of benzene rings is 12. The average molecular weight is 1080 g/mol. The van der Waals surface area contributed by atoms with Gasteiger partial charge >= 0.3 is 0 Å². The van der Waals surface area contributed by atoms with Crippen LogP contribution in [0.3, 0.4) is 0 Å². The van der Waals surface area contributed by atoms with E-state index >= 15 is 0 Å². The van der Waals surface area contributed by atoms with Crippen LogP contribution in [0.2, 0.25) is 0 Å². The molecule has 84 heavy (non-hydrogen) atoms. The van der Waals surface area contributed by atoms with Gasteiger partial charge in [0.1, 0.15) is 0 Å². The van der Waals surface area contributed by atoms with Crippen molar-refractivity contribution in [3.63, 3.8) is 0 Å². The molecular weight excluding hydrogens is 1020 g/mol. The maximum absolute atomic E-state index is 8.57. The second-order valence-corrected chi connectivity index (χ2v) is 22.4. The summed E-state index contributed by atoms with van der Waals surface area (Å²) in [5, 5.41) is 11.5. The fourth-order valence-corrected chi connectivity index (χ4v) is 13.3. The number of aryl methyl sites for hydroxylation is 4. The molecule has 2 aliphatic heterocycles. The lowest BCUT2D eigenvalue weighted by molar-refractivity contribution is 1.39. The fourth-order valence-electron chi connectivity index (χ4n) is 13.3. The van der Waals surface area contributed by atoms with Gasteiger partial charge in [0.05, 0.1) is 44.8 Å². The van der Waals surface area contributed by atoms with E-state index in [-0.39, 0.29) is 16.7 Å².